The van der Waals surface area contributed by atoms with Gasteiger partial charge in [-0.05, 0) is 36.4 Å². The number of nitriles is 1. The monoisotopic (exact) mass is 302 g/mol. The molecule has 3 nitrogen and oxygen atoms in total. The number of rotatable bonds is 3. The van der Waals surface area contributed by atoms with Crippen molar-refractivity contribution in [3.05, 3.63) is 64.4 Å². The fourth-order valence-corrected chi connectivity index (χ4v) is 2.10. The largest absolute Gasteiger partial charge is 0.315 e. The van der Waals surface area contributed by atoms with Crippen LogP contribution in [-0.4, -0.2) is 13.0 Å². The van der Waals surface area contributed by atoms with Crippen molar-refractivity contribution in [3.63, 3.8) is 0 Å². The van der Waals surface area contributed by atoms with Gasteiger partial charge in [-0.3, -0.25) is 4.79 Å². The number of hydrogen-bond acceptors (Lipinski definition) is 2. The Kier molecular flexibility index (Phi) is 4.56. The van der Waals surface area contributed by atoms with Crippen LogP contribution >= 0.6 is 11.6 Å². The standard InChI is InChI=1S/C16H12ClFN2O/c1-20(12-7-5-11(10-19)6-8-12)16(21)9-13-14(17)3-2-4-15(13)18/h2-8H,9H2,1H3. The molecule has 0 atom stereocenters. The summed E-state index contributed by atoms with van der Waals surface area (Å²) in [4.78, 5) is 13.6. The Morgan fingerprint density at radius 3 is 2.52 bits per heavy atom. The topological polar surface area (TPSA) is 44.1 Å². The zero-order valence-corrected chi connectivity index (χ0v) is 12.1. The van der Waals surface area contributed by atoms with Crippen LogP contribution in [0.4, 0.5) is 10.1 Å². The minimum absolute atomic E-state index is 0.123. The molecule has 5 heteroatoms. The second-order valence-corrected chi connectivity index (χ2v) is 4.90. The van der Waals surface area contributed by atoms with Gasteiger partial charge in [0.1, 0.15) is 5.82 Å². The summed E-state index contributed by atoms with van der Waals surface area (Å²) in [6.07, 6.45) is -0.123. The van der Waals surface area contributed by atoms with E-state index in [0.717, 1.165) is 0 Å². The van der Waals surface area contributed by atoms with E-state index in [-0.39, 0.29) is 22.9 Å². The number of benzene rings is 2. The molecule has 106 valence electrons. The highest BCUT2D eigenvalue weighted by molar-refractivity contribution is 6.31. The lowest BCUT2D eigenvalue weighted by atomic mass is 10.1. The molecule has 0 radical (unpaired) electrons. The van der Waals surface area contributed by atoms with Crippen molar-refractivity contribution >= 4 is 23.2 Å². The van der Waals surface area contributed by atoms with E-state index in [1.807, 2.05) is 6.07 Å². The highest BCUT2D eigenvalue weighted by atomic mass is 35.5. The highest BCUT2D eigenvalue weighted by Gasteiger charge is 2.16. The van der Waals surface area contributed by atoms with Crippen molar-refractivity contribution in [2.24, 2.45) is 0 Å². The van der Waals surface area contributed by atoms with Gasteiger partial charge in [0.15, 0.2) is 0 Å². The molecule has 0 aliphatic rings. The van der Waals surface area contributed by atoms with Gasteiger partial charge in [-0.15, -0.1) is 0 Å². The molecule has 0 aromatic heterocycles. The summed E-state index contributed by atoms with van der Waals surface area (Å²) < 4.78 is 13.7. The predicted octanol–water partition coefficient (Wildman–Crippen LogP) is 3.56. The number of hydrogen-bond donors (Lipinski definition) is 0. The van der Waals surface area contributed by atoms with Crippen molar-refractivity contribution in [1.29, 1.82) is 5.26 Å². The summed E-state index contributed by atoms with van der Waals surface area (Å²) in [6.45, 7) is 0. The first-order valence-electron chi connectivity index (χ1n) is 6.22. The normalized spacial score (nSPS) is 10.0. The molecule has 0 aliphatic heterocycles. The smallest absolute Gasteiger partial charge is 0.231 e. The molecule has 1 amide bonds. The molecular weight excluding hydrogens is 291 g/mol. The lowest BCUT2D eigenvalue weighted by Gasteiger charge is -2.18. The van der Waals surface area contributed by atoms with Gasteiger partial charge in [-0.25, -0.2) is 4.39 Å². The quantitative estimate of drug-likeness (QED) is 0.870. The Morgan fingerprint density at radius 2 is 1.95 bits per heavy atom. The number of carbonyl (C=O) groups excluding carboxylic acids is 1. The van der Waals surface area contributed by atoms with E-state index in [1.54, 1.807) is 37.4 Å². The van der Waals surface area contributed by atoms with Crippen molar-refractivity contribution in [2.45, 2.75) is 6.42 Å². The van der Waals surface area contributed by atoms with Crippen LogP contribution in [0.15, 0.2) is 42.5 Å². The average Bonchev–Trinajstić information content (AvgIpc) is 2.50. The molecule has 2 rings (SSSR count). The number of anilines is 1. The van der Waals surface area contributed by atoms with Gasteiger partial charge >= 0.3 is 0 Å². The van der Waals surface area contributed by atoms with E-state index in [2.05, 4.69) is 0 Å². The zero-order valence-electron chi connectivity index (χ0n) is 11.3. The van der Waals surface area contributed by atoms with Crippen molar-refractivity contribution < 1.29 is 9.18 Å². The van der Waals surface area contributed by atoms with E-state index in [4.69, 9.17) is 16.9 Å². The van der Waals surface area contributed by atoms with Gasteiger partial charge in [0.25, 0.3) is 0 Å². The van der Waals surface area contributed by atoms with E-state index < -0.39 is 5.82 Å². The molecule has 0 heterocycles. The van der Waals surface area contributed by atoms with Gasteiger partial charge in [0.2, 0.25) is 5.91 Å². The second-order valence-electron chi connectivity index (χ2n) is 4.49. The van der Waals surface area contributed by atoms with Crippen molar-refractivity contribution in [2.75, 3.05) is 11.9 Å². The third-order valence-electron chi connectivity index (χ3n) is 3.15. The summed E-state index contributed by atoms with van der Waals surface area (Å²) in [5.41, 5.74) is 1.33. The lowest BCUT2D eigenvalue weighted by Crippen LogP contribution is -2.28. The molecule has 0 unspecified atom stereocenters. The Morgan fingerprint density at radius 1 is 1.29 bits per heavy atom. The Labute approximate surface area is 127 Å². The van der Waals surface area contributed by atoms with Crippen molar-refractivity contribution in [1.82, 2.24) is 0 Å². The molecule has 0 fully saturated rings. The summed E-state index contributed by atoms with van der Waals surface area (Å²) >= 11 is 5.92. The first-order chi connectivity index (χ1) is 10.0. The van der Waals surface area contributed by atoms with Gasteiger partial charge < -0.3 is 4.90 Å². The van der Waals surface area contributed by atoms with E-state index in [9.17, 15) is 9.18 Å². The number of nitrogens with zero attached hydrogens (tertiary/aromatic N) is 2. The van der Waals surface area contributed by atoms with E-state index >= 15 is 0 Å². The molecule has 21 heavy (non-hydrogen) atoms. The van der Waals surface area contributed by atoms with Crippen LogP contribution < -0.4 is 4.90 Å². The van der Waals surface area contributed by atoms with Crippen LogP contribution in [0, 0.1) is 17.1 Å². The molecule has 0 aliphatic carbocycles. The first-order valence-corrected chi connectivity index (χ1v) is 6.60. The van der Waals surface area contributed by atoms with Gasteiger partial charge in [0.05, 0.1) is 18.1 Å². The Bertz CT molecular complexity index is 687. The molecular formula is C16H12ClFN2O. The zero-order chi connectivity index (χ0) is 15.4. The van der Waals surface area contributed by atoms with Crippen LogP contribution in [-0.2, 0) is 11.2 Å². The van der Waals surface area contributed by atoms with Crippen LogP contribution in [0.25, 0.3) is 0 Å². The fourth-order valence-electron chi connectivity index (χ4n) is 1.87. The molecule has 0 bridgehead atoms. The van der Waals surface area contributed by atoms with Crippen LogP contribution in [0.1, 0.15) is 11.1 Å². The first kappa shape index (κ1) is 15.0. The van der Waals surface area contributed by atoms with Crippen LogP contribution in [0.5, 0.6) is 0 Å². The van der Waals surface area contributed by atoms with Gasteiger partial charge in [-0.1, -0.05) is 17.7 Å². The molecule has 2 aromatic carbocycles. The van der Waals surface area contributed by atoms with Crippen molar-refractivity contribution in [3.8, 4) is 6.07 Å². The maximum Gasteiger partial charge on any atom is 0.231 e. The lowest BCUT2D eigenvalue weighted by molar-refractivity contribution is -0.117. The van der Waals surface area contributed by atoms with Crippen LogP contribution in [0.2, 0.25) is 5.02 Å². The molecule has 0 spiro atoms. The highest BCUT2D eigenvalue weighted by Crippen LogP contribution is 2.21. The number of halogens is 2. The Balaban J connectivity index is 2.18. The Hall–Kier alpha value is -2.38. The number of amides is 1. The molecule has 0 saturated carbocycles. The van der Waals surface area contributed by atoms with Crippen LogP contribution in [0.3, 0.4) is 0 Å². The number of carbonyl (C=O) groups is 1. The summed E-state index contributed by atoms with van der Waals surface area (Å²) in [5, 5.41) is 8.98. The summed E-state index contributed by atoms with van der Waals surface area (Å²) in [7, 11) is 1.60. The second kappa shape index (κ2) is 6.38. The van der Waals surface area contributed by atoms with Gasteiger partial charge in [-0.2, -0.15) is 5.26 Å². The number of likely N-dealkylation sites (N-methyl/N-ethyl adjacent to an activating group) is 1. The fraction of sp³-hybridized carbons (Fsp3) is 0.125. The average molecular weight is 303 g/mol. The SMILES string of the molecule is CN(C(=O)Cc1c(F)cccc1Cl)c1ccc(C#N)cc1. The molecule has 2 aromatic rings. The molecule has 0 saturated heterocycles. The maximum atomic E-state index is 13.7. The predicted molar refractivity (Wildman–Crippen MR) is 79.7 cm³/mol. The third kappa shape index (κ3) is 3.39. The van der Waals surface area contributed by atoms with E-state index in [0.29, 0.717) is 11.3 Å². The minimum atomic E-state index is -0.496. The maximum absolute atomic E-state index is 13.7. The molecule has 0 N–H and O–H groups in total. The summed E-state index contributed by atoms with van der Waals surface area (Å²) in [6, 6.07) is 12.9. The van der Waals surface area contributed by atoms with E-state index in [1.165, 1.54) is 17.0 Å². The third-order valence-corrected chi connectivity index (χ3v) is 3.50. The minimum Gasteiger partial charge on any atom is -0.315 e. The van der Waals surface area contributed by atoms with Gasteiger partial charge in [0, 0.05) is 23.3 Å². The summed E-state index contributed by atoms with van der Waals surface area (Å²) in [5.74, 6) is -0.782.